The highest BCUT2D eigenvalue weighted by atomic mass is 16.6. The van der Waals surface area contributed by atoms with E-state index in [2.05, 4.69) is 5.32 Å². The summed E-state index contributed by atoms with van der Waals surface area (Å²) in [4.78, 5) is 0. The summed E-state index contributed by atoms with van der Waals surface area (Å²) in [5, 5.41) is 40.6. The summed E-state index contributed by atoms with van der Waals surface area (Å²) >= 11 is 0. The predicted molar refractivity (Wildman–Crippen MR) is 56.6 cm³/mol. The van der Waals surface area contributed by atoms with E-state index in [1.165, 1.54) is 0 Å². The lowest BCUT2D eigenvalue weighted by molar-refractivity contribution is -0.280. The summed E-state index contributed by atoms with van der Waals surface area (Å²) in [7, 11) is 0. The van der Waals surface area contributed by atoms with E-state index in [4.69, 9.17) is 4.74 Å². The lowest BCUT2D eigenvalue weighted by atomic mass is 9.99. The van der Waals surface area contributed by atoms with Crippen molar-refractivity contribution in [3.63, 3.8) is 0 Å². The second kappa shape index (κ2) is 5.90. The molecule has 1 heterocycles. The first-order valence-electron chi connectivity index (χ1n) is 5.52. The fourth-order valence-corrected chi connectivity index (χ4v) is 1.61. The molecule has 0 amide bonds. The van der Waals surface area contributed by atoms with Crippen molar-refractivity contribution in [1.82, 2.24) is 5.32 Å². The van der Waals surface area contributed by atoms with Crippen molar-refractivity contribution in [2.75, 3.05) is 13.1 Å². The molecule has 16 heavy (non-hydrogen) atoms. The highest BCUT2D eigenvalue weighted by Crippen LogP contribution is 2.19. The fraction of sp³-hybridized carbons (Fsp3) is 1.00. The molecule has 6 heteroatoms. The normalized spacial score (nSPS) is 40.3. The molecule has 0 unspecified atom stereocenters. The van der Waals surface area contributed by atoms with Crippen LogP contribution in [-0.4, -0.2) is 64.2 Å². The molecule has 0 aromatic heterocycles. The Hall–Kier alpha value is -0.240. The maximum absolute atomic E-state index is 9.60. The number of rotatable bonds is 4. The largest absolute Gasteiger partial charge is 0.388 e. The van der Waals surface area contributed by atoms with Crippen molar-refractivity contribution in [2.45, 2.75) is 44.6 Å². The van der Waals surface area contributed by atoms with E-state index in [-0.39, 0.29) is 0 Å². The van der Waals surface area contributed by atoms with Crippen LogP contribution < -0.4 is 5.32 Å². The first-order valence-corrected chi connectivity index (χ1v) is 5.52. The van der Waals surface area contributed by atoms with E-state index in [0.29, 0.717) is 12.5 Å². The zero-order valence-electron chi connectivity index (χ0n) is 9.58. The number of aliphatic hydroxyl groups excluding tert-OH is 4. The van der Waals surface area contributed by atoms with Crippen LogP contribution in [0.2, 0.25) is 0 Å². The molecule has 0 spiro atoms. The van der Waals surface area contributed by atoms with Crippen molar-refractivity contribution in [3.8, 4) is 0 Å². The van der Waals surface area contributed by atoms with Gasteiger partial charge in [0.1, 0.15) is 24.4 Å². The van der Waals surface area contributed by atoms with Gasteiger partial charge < -0.3 is 30.5 Å². The third kappa shape index (κ3) is 3.38. The Morgan fingerprint density at radius 1 is 1.06 bits per heavy atom. The lowest BCUT2D eigenvalue weighted by Crippen LogP contribution is -2.59. The van der Waals surface area contributed by atoms with Crippen molar-refractivity contribution in [2.24, 2.45) is 5.92 Å². The summed E-state index contributed by atoms with van der Waals surface area (Å²) < 4.78 is 5.00. The molecule has 1 aliphatic rings. The first kappa shape index (κ1) is 13.8. The molecule has 96 valence electrons. The Morgan fingerprint density at radius 2 is 1.69 bits per heavy atom. The predicted octanol–water partition coefficient (Wildman–Crippen LogP) is -1.97. The third-order valence-electron chi connectivity index (χ3n) is 2.59. The zero-order valence-corrected chi connectivity index (χ0v) is 9.58. The second-order valence-electron chi connectivity index (χ2n) is 4.59. The van der Waals surface area contributed by atoms with Gasteiger partial charge in [-0.05, 0) is 12.5 Å². The molecule has 1 saturated heterocycles. The molecule has 5 atom stereocenters. The molecular formula is C10H21NO5. The highest BCUT2D eigenvalue weighted by molar-refractivity contribution is 4.89. The van der Waals surface area contributed by atoms with Crippen molar-refractivity contribution in [3.05, 3.63) is 0 Å². The molecule has 6 nitrogen and oxygen atoms in total. The van der Waals surface area contributed by atoms with Gasteiger partial charge in [0, 0.05) is 6.54 Å². The monoisotopic (exact) mass is 235 g/mol. The molecule has 0 aromatic carbocycles. The van der Waals surface area contributed by atoms with Crippen LogP contribution in [0.3, 0.4) is 0 Å². The first-order chi connectivity index (χ1) is 7.43. The van der Waals surface area contributed by atoms with Gasteiger partial charge in [0.25, 0.3) is 0 Å². The van der Waals surface area contributed by atoms with Crippen LogP contribution in [0.15, 0.2) is 0 Å². The van der Waals surface area contributed by atoms with Crippen LogP contribution in [0.5, 0.6) is 0 Å². The smallest absolute Gasteiger partial charge is 0.184 e. The molecule has 0 radical (unpaired) electrons. The van der Waals surface area contributed by atoms with Gasteiger partial charge in [-0.25, -0.2) is 0 Å². The van der Waals surface area contributed by atoms with Crippen LogP contribution >= 0.6 is 0 Å². The second-order valence-corrected chi connectivity index (χ2v) is 4.59. The Kier molecular flexibility index (Phi) is 5.10. The van der Waals surface area contributed by atoms with Gasteiger partial charge in [-0.1, -0.05) is 13.8 Å². The van der Waals surface area contributed by atoms with E-state index >= 15 is 0 Å². The standard InChI is InChI=1S/C10H21NO5/c1-5(2)3-11-4-6-7(12)8(13)9(14)10(15)16-6/h5-15H,3-4H2,1-2H3/t6-,7+,8+,9-,10+/m1/s1. The zero-order chi connectivity index (χ0) is 12.3. The Labute approximate surface area is 94.9 Å². The molecule has 0 bridgehead atoms. The minimum absolute atomic E-state index is 0.320. The third-order valence-corrected chi connectivity index (χ3v) is 2.59. The van der Waals surface area contributed by atoms with Gasteiger partial charge in [-0.3, -0.25) is 0 Å². The SMILES string of the molecule is CC(C)CNC[C@H]1O[C@H](O)[C@H](O)[C@@H](O)[C@H]1O. The number of aliphatic hydroxyl groups is 4. The summed E-state index contributed by atoms with van der Waals surface area (Å²) in [6.45, 7) is 5.15. The topological polar surface area (TPSA) is 102 Å². The maximum Gasteiger partial charge on any atom is 0.184 e. The van der Waals surface area contributed by atoms with E-state index < -0.39 is 30.7 Å². The molecular weight excluding hydrogens is 214 g/mol. The van der Waals surface area contributed by atoms with Gasteiger partial charge in [-0.2, -0.15) is 0 Å². The lowest BCUT2D eigenvalue weighted by Gasteiger charge is -2.38. The average Bonchev–Trinajstić information content (AvgIpc) is 2.22. The average molecular weight is 235 g/mol. The van der Waals surface area contributed by atoms with Crippen molar-refractivity contribution < 1.29 is 25.2 Å². The van der Waals surface area contributed by atoms with Crippen molar-refractivity contribution in [1.29, 1.82) is 0 Å². The highest BCUT2D eigenvalue weighted by Gasteiger charge is 2.42. The Morgan fingerprint density at radius 3 is 2.25 bits per heavy atom. The molecule has 5 N–H and O–H groups in total. The molecule has 1 rings (SSSR count). The quantitative estimate of drug-likeness (QED) is 0.387. The number of nitrogens with one attached hydrogen (secondary N) is 1. The fourth-order valence-electron chi connectivity index (χ4n) is 1.61. The minimum atomic E-state index is -1.46. The number of hydrogen-bond acceptors (Lipinski definition) is 6. The van der Waals surface area contributed by atoms with Crippen LogP contribution in [0.25, 0.3) is 0 Å². The Balaban J connectivity index is 2.41. The van der Waals surface area contributed by atoms with Gasteiger partial charge >= 0.3 is 0 Å². The summed E-state index contributed by atoms with van der Waals surface area (Å²) in [5.41, 5.74) is 0. The number of hydrogen-bond donors (Lipinski definition) is 5. The van der Waals surface area contributed by atoms with E-state index in [1.54, 1.807) is 0 Å². The molecule has 0 aromatic rings. The Bertz CT molecular complexity index is 213. The van der Waals surface area contributed by atoms with Crippen molar-refractivity contribution >= 4 is 0 Å². The van der Waals surface area contributed by atoms with Gasteiger partial charge in [0.05, 0.1) is 0 Å². The van der Waals surface area contributed by atoms with Crippen LogP contribution in [0.4, 0.5) is 0 Å². The van der Waals surface area contributed by atoms with Crippen LogP contribution in [-0.2, 0) is 4.74 Å². The summed E-state index contributed by atoms with van der Waals surface area (Å²) in [6.07, 6.45) is -6.21. The molecule has 1 aliphatic heterocycles. The van der Waals surface area contributed by atoms with Gasteiger partial charge in [0.15, 0.2) is 6.29 Å². The minimum Gasteiger partial charge on any atom is -0.388 e. The molecule has 0 aliphatic carbocycles. The maximum atomic E-state index is 9.60. The van der Waals surface area contributed by atoms with Crippen LogP contribution in [0.1, 0.15) is 13.8 Å². The van der Waals surface area contributed by atoms with Gasteiger partial charge in [-0.15, -0.1) is 0 Å². The van der Waals surface area contributed by atoms with Gasteiger partial charge in [0.2, 0.25) is 0 Å². The number of ether oxygens (including phenoxy) is 1. The van der Waals surface area contributed by atoms with E-state index in [9.17, 15) is 20.4 Å². The molecule has 0 saturated carbocycles. The summed E-state index contributed by atoms with van der Waals surface area (Å²) in [6, 6.07) is 0. The summed E-state index contributed by atoms with van der Waals surface area (Å²) in [5.74, 6) is 0.459. The van der Waals surface area contributed by atoms with E-state index in [0.717, 1.165) is 6.54 Å². The molecule has 1 fully saturated rings. The van der Waals surface area contributed by atoms with Crippen LogP contribution in [0, 0.1) is 5.92 Å². The van der Waals surface area contributed by atoms with E-state index in [1.807, 2.05) is 13.8 Å².